The minimum Gasteiger partial charge on any atom is -0.461 e. The zero-order chi connectivity index (χ0) is 42.8. The molecule has 0 aliphatic carbocycles. The van der Waals surface area contributed by atoms with Gasteiger partial charge in [-0.05, 0) is 73.7 Å². The Bertz CT molecular complexity index is 2400. The minimum absolute atomic E-state index is 0.00912. The Morgan fingerprint density at radius 1 is 1.05 bits per heavy atom. The molecule has 1 N–H and O–H groups in total. The van der Waals surface area contributed by atoms with Gasteiger partial charge in [-0.25, -0.2) is 35.9 Å². The number of benzene rings is 2. The van der Waals surface area contributed by atoms with E-state index in [0.717, 1.165) is 18.4 Å². The Balaban J connectivity index is 1.19. The molecule has 4 aromatic rings. The third-order valence-electron chi connectivity index (χ3n) is 12.9. The first kappa shape index (κ1) is 41.2. The number of ether oxygens (including phenoxy) is 4. The van der Waals surface area contributed by atoms with E-state index in [1.54, 1.807) is 11.8 Å². The van der Waals surface area contributed by atoms with Gasteiger partial charge in [0.25, 0.3) is 6.43 Å². The van der Waals surface area contributed by atoms with Crippen LogP contribution < -0.4 is 19.7 Å². The first-order valence-electron chi connectivity index (χ1n) is 20.5. The zero-order valence-electron chi connectivity index (χ0n) is 33.6. The van der Waals surface area contributed by atoms with E-state index in [2.05, 4.69) is 20.3 Å². The molecule has 4 fully saturated rings. The summed E-state index contributed by atoms with van der Waals surface area (Å²) in [4.78, 5) is 45.0. The summed E-state index contributed by atoms with van der Waals surface area (Å²) < 4.78 is 114. The van der Waals surface area contributed by atoms with E-state index < -0.39 is 65.8 Å². The van der Waals surface area contributed by atoms with Crippen molar-refractivity contribution in [1.82, 2.24) is 30.1 Å². The molecule has 13 nitrogen and oxygen atoms in total. The summed E-state index contributed by atoms with van der Waals surface area (Å²) in [5, 5.41) is 3.41. The Hall–Kier alpha value is -5.17. The van der Waals surface area contributed by atoms with Crippen molar-refractivity contribution < 1.29 is 54.9 Å². The summed E-state index contributed by atoms with van der Waals surface area (Å²) in [7, 11) is 1.15. The van der Waals surface area contributed by atoms with E-state index in [4.69, 9.17) is 18.9 Å². The molecule has 8 heterocycles. The van der Waals surface area contributed by atoms with Crippen LogP contribution in [-0.2, 0) is 15.9 Å². The van der Waals surface area contributed by atoms with Crippen LogP contribution in [0.5, 0.6) is 11.8 Å². The second-order valence-electron chi connectivity index (χ2n) is 17.2. The molecule has 6 bridgehead atoms. The summed E-state index contributed by atoms with van der Waals surface area (Å²) in [5.41, 5.74) is -4.09. The lowest BCUT2D eigenvalue weighted by Crippen LogP contribution is -2.60. The van der Waals surface area contributed by atoms with Crippen LogP contribution >= 0.6 is 0 Å². The van der Waals surface area contributed by atoms with Crippen molar-refractivity contribution in [2.24, 2.45) is 0 Å². The number of pyridine rings is 1. The smallest absolute Gasteiger partial charge is 0.415 e. The second kappa shape index (κ2) is 15.6. The third-order valence-corrected chi connectivity index (χ3v) is 12.9. The van der Waals surface area contributed by atoms with Gasteiger partial charge in [0.1, 0.15) is 53.1 Å². The number of alkyl carbamates (subject to hydrolysis) is 1. The number of likely N-dealkylation sites (tertiary alicyclic amines) is 1. The molecule has 326 valence electrons. The molecule has 61 heavy (non-hydrogen) atoms. The number of nitrogens with one attached hydrogen (secondary N) is 1. The molecule has 10 rings (SSSR count). The monoisotopic (exact) mass is 857 g/mol. The summed E-state index contributed by atoms with van der Waals surface area (Å²) in [6.07, 6.45) is -4.10. The molecule has 19 heteroatoms. The molecule has 2 aromatic carbocycles. The minimum atomic E-state index is -2.87. The van der Waals surface area contributed by atoms with Crippen LogP contribution in [0.2, 0.25) is 0 Å². The van der Waals surface area contributed by atoms with Crippen molar-refractivity contribution in [3.63, 3.8) is 0 Å². The fourth-order valence-electron chi connectivity index (χ4n) is 9.99. The third kappa shape index (κ3) is 7.50. The van der Waals surface area contributed by atoms with Gasteiger partial charge in [0, 0.05) is 57.8 Å². The SMILES string of the molecule is COC1(C(F)F)CCN(C(=O)Oc2cc3c4c(c(F)ccc4c2)CCCOC(=O)N[C@]2(C)C[C@@H](F)CN(C2)c2nc(OC[C@@]45CCCN4C[C@H](F)C5)nc4c(F)c-3ncc24)C1. The number of amides is 2. The number of rotatable bonds is 6. The van der Waals surface area contributed by atoms with Crippen LogP contribution in [-0.4, -0.2) is 132 Å². The fraction of sp³-hybridized carbons (Fsp3) is 0.548. The molecule has 0 radical (unpaired) electrons. The molecular weight excluding hydrogens is 812 g/mol. The van der Waals surface area contributed by atoms with E-state index >= 15 is 13.2 Å². The summed E-state index contributed by atoms with van der Waals surface area (Å²) in [6, 6.07) is 5.14. The van der Waals surface area contributed by atoms with Gasteiger partial charge in [-0.2, -0.15) is 9.97 Å². The molecule has 6 aliphatic heterocycles. The number of halogens is 6. The predicted molar refractivity (Wildman–Crippen MR) is 210 cm³/mol. The first-order chi connectivity index (χ1) is 29.2. The number of carbonyl (C=O) groups is 2. The Morgan fingerprint density at radius 3 is 2.66 bits per heavy atom. The van der Waals surface area contributed by atoms with Gasteiger partial charge in [0.15, 0.2) is 5.82 Å². The lowest BCUT2D eigenvalue weighted by molar-refractivity contribution is -0.111. The average Bonchev–Trinajstić information content (AvgIpc) is 3.91. The van der Waals surface area contributed by atoms with Gasteiger partial charge in [-0.3, -0.25) is 9.88 Å². The topological polar surface area (TPSA) is 131 Å². The van der Waals surface area contributed by atoms with E-state index in [9.17, 15) is 22.8 Å². The normalized spacial score (nSPS) is 28.1. The zero-order valence-corrected chi connectivity index (χ0v) is 33.6. The first-order valence-corrected chi connectivity index (χ1v) is 20.5. The number of hydrogen-bond donors (Lipinski definition) is 1. The largest absolute Gasteiger partial charge is 0.461 e. The molecule has 5 atom stereocenters. The van der Waals surface area contributed by atoms with Crippen LogP contribution in [0.25, 0.3) is 32.9 Å². The number of piperidine rings is 1. The van der Waals surface area contributed by atoms with Crippen molar-refractivity contribution in [3.8, 4) is 23.0 Å². The Labute approximate surface area is 346 Å². The number of aryl methyl sites for hydroxylation is 1. The maximum Gasteiger partial charge on any atom is 0.415 e. The number of alkyl halides is 4. The number of nitrogens with zero attached hydrogens (tertiary/aromatic N) is 6. The quantitative estimate of drug-likeness (QED) is 0.203. The highest BCUT2D eigenvalue weighted by Crippen LogP contribution is 2.43. The van der Waals surface area contributed by atoms with Crippen molar-refractivity contribution in [3.05, 3.63) is 47.7 Å². The highest BCUT2D eigenvalue weighted by Gasteiger charge is 2.50. The summed E-state index contributed by atoms with van der Waals surface area (Å²) in [5.74, 6) is -1.66. The summed E-state index contributed by atoms with van der Waals surface area (Å²) in [6.45, 7) is 1.84. The molecule has 4 saturated heterocycles. The number of methoxy groups -OCH3 is 1. The van der Waals surface area contributed by atoms with Gasteiger partial charge >= 0.3 is 18.2 Å². The highest BCUT2D eigenvalue weighted by atomic mass is 19.3. The Morgan fingerprint density at radius 2 is 1.87 bits per heavy atom. The van der Waals surface area contributed by atoms with E-state index in [1.807, 2.05) is 4.90 Å². The van der Waals surface area contributed by atoms with Gasteiger partial charge in [-0.15, -0.1) is 0 Å². The van der Waals surface area contributed by atoms with Crippen molar-refractivity contribution in [1.29, 1.82) is 0 Å². The lowest BCUT2D eigenvalue weighted by atomic mass is 9.90. The van der Waals surface area contributed by atoms with Gasteiger partial charge in [0.05, 0.1) is 36.2 Å². The van der Waals surface area contributed by atoms with E-state index in [-0.39, 0.29) is 122 Å². The van der Waals surface area contributed by atoms with E-state index in [1.165, 1.54) is 30.5 Å². The molecular formula is C42H45F6N7O6. The maximum absolute atomic E-state index is 17.6. The van der Waals surface area contributed by atoms with Crippen LogP contribution in [0.4, 0.5) is 41.7 Å². The number of carbonyl (C=O) groups excluding carboxylic acids is 2. The van der Waals surface area contributed by atoms with Crippen molar-refractivity contribution in [2.75, 3.05) is 64.5 Å². The van der Waals surface area contributed by atoms with Crippen molar-refractivity contribution >= 4 is 39.7 Å². The number of fused-ring (bicyclic) bond motifs is 7. The second-order valence-corrected chi connectivity index (χ2v) is 17.2. The molecule has 2 amide bonds. The molecule has 6 aliphatic rings. The van der Waals surface area contributed by atoms with Crippen LogP contribution in [0.3, 0.4) is 0 Å². The fourth-order valence-corrected chi connectivity index (χ4v) is 9.99. The predicted octanol–water partition coefficient (Wildman–Crippen LogP) is 6.91. The van der Waals surface area contributed by atoms with Crippen LogP contribution in [0.1, 0.15) is 51.0 Å². The van der Waals surface area contributed by atoms with Crippen molar-refractivity contribution in [2.45, 2.75) is 87.3 Å². The molecule has 2 aromatic heterocycles. The van der Waals surface area contributed by atoms with Crippen LogP contribution in [0, 0.1) is 11.6 Å². The Kier molecular flexibility index (Phi) is 10.6. The van der Waals surface area contributed by atoms with Gasteiger partial charge in [0.2, 0.25) is 0 Å². The van der Waals surface area contributed by atoms with Crippen LogP contribution in [0.15, 0.2) is 30.5 Å². The molecule has 0 spiro atoms. The maximum atomic E-state index is 17.6. The van der Waals surface area contributed by atoms with Gasteiger partial charge < -0.3 is 34.1 Å². The van der Waals surface area contributed by atoms with E-state index in [0.29, 0.717) is 18.4 Å². The standard InChI is InChI=1S/C42H45F6N7O6/c1-40-15-24(43)18-54(20-40)35-29-17-49-33(32(46)34(29)50-37(51-35)60-22-41-8-4-10-55(41)19-25(44)16-41)28-14-26(61-39(57)53-11-9-42(21-53,58-2)36(47)48)13-23-6-7-30(45)27(31(23)28)5-3-12-59-38(56)52-40/h6-7,13-14,17,24-25,36H,3-5,8-12,15-16,18-22H2,1-2H3,(H,52,56)/t24-,25-,40-,41+,42?/m1/s1. The van der Waals surface area contributed by atoms with Gasteiger partial charge in [-0.1, -0.05) is 6.07 Å². The number of anilines is 1. The molecule has 1 unspecified atom stereocenters. The number of aromatic nitrogens is 3. The molecule has 0 saturated carbocycles. The summed E-state index contributed by atoms with van der Waals surface area (Å²) >= 11 is 0. The average molecular weight is 858 g/mol. The highest BCUT2D eigenvalue weighted by molar-refractivity contribution is 6.02. The number of hydrogen-bond acceptors (Lipinski definition) is 11. The lowest BCUT2D eigenvalue weighted by Gasteiger charge is -2.42.